The second-order valence-corrected chi connectivity index (χ2v) is 3.57. The van der Waals surface area contributed by atoms with Gasteiger partial charge in [0.15, 0.2) is 0 Å². The predicted octanol–water partition coefficient (Wildman–Crippen LogP) is 1.12. The molecule has 0 N–H and O–H groups in total. The minimum atomic E-state index is -0.547. The summed E-state index contributed by atoms with van der Waals surface area (Å²) in [6.45, 7) is 0.480. The van der Waals surface area contributed by atoms with E-state index in [1.807, 2.05) is 24.3 Å². The lowest BCUT2D eigenvalue weighted by molar-refractivity contribution is 0.0586. The van der Waals surface area contributed by atoms with Gasteiger partial charge in [-0.25, -0.2) is 14.5 Å². The van der Waals surface area contributed by atoms with E-state index in [2.05, 4.69) is 14.8 Å². The highest BCUT2D eigenvalue weighted by Gasteiger charge is 2.12. The molecule has 0 fully saturated rings. The van der Waals surface area contributed by atoms with E-state index >= 15 is 0 Å². The molecule has 0 aliphatic carbocycles. The molecule has 94 valence electrons. The Morgan fingerprint density at radius 3 is 2.83 bits per heavy atom. The molecule has 6 heteroatoms. The zero-order valence-electron chi connectivity index (χ0n) is 10.2. The summed E-state index contributed by atoms with van der Waals surface area (Å²) >= 11 is 0. The molecular formula is C12H13N3O3. The smallest absolute Gasteiger partial charge is 0.377 e. The Labute approximate surface area is 104 Å². The Morgan fingerprint density at radius 1 is 1.33 bits per heavy atom. The van der Waals surface area contributed by atoms with Crippen LogP contribution in [0.15, 0.2) is 30.6 Å². The molecule has 2 rings (SSSR count). The number of ether oxygens (including phenoxy) is 2. The lowest BCUT2D eigenvalue weighted by Crippen LogP contribution is -2.07. The monoisotopic (exact) mass is 247 g/mol. The van der Waals surface area contributed by atoms with Crippen molar-refractivity contribution < 1.29 is 14.3 Å². The summed E-state index contributed by atoms with van der Waals surface area (Å²) in [7, 11) is 2.91. The zero-order chi connectivity index (χ0) is 13.0. The van der Waals surface area contributed by atoms with Gasteiger partial charge in [0.1, 0.15) is 12.1 Å². The summed E-state index contributed by atoms with van der Waals surface area (Å²) in [5.74, 6) is 0.272. The molecule has 0 bridgehead atoms. The maximum Gasteiger partial charge on any atom is 0.377 e. The number of esters is 1. The minimum absolute atomic E-state index is 0.0485. The highest BCUT2D eigenvalue weighted by atomic mass is 16.5. The van der Waals surface area contributed by atoms with Gasteiger partial charge in [-0.05, 0) is 6.07 Å². The van der Waals surface area contributed by atoms with Crippen LogP contribution < -0.4 is 4.74 Å². The van der Waals surface area contributed by atoms with Crippen molar-refractivity contribution in [2.75, 3.05) is 14.2 Å². The molecule has 0 amide bonds. The highest BCUT2D eigenvalue weighted by molar-refractivity contribution is 5.84. The third kappa shape index (κ3) is 2.48. The molecule has 0 spiro atoms. The van der Waals surface area contributed by atoms with Gasteiger partial charge in [0.2, 0.25) is 0 Å². The number of carbonyl (C=O) groups excluding carboxylic acids is 1. The van der Waals surface area contributed by atoms with Crippen LogP contribution in [0.1, 0.15) is 16.2 Å². The molecule has 0 saturated carbocycles. The van der Waals surface area contributed by atoms with Gasteiger partial charge < -0.3 is 9.47 Å². The molecule has 0 radical (unpaired) electrons. The summed E-state index contributed by atoms with van der Waals surface area (Å²) in [5, 5.41) is 4.03. The standard InChI is InChI=1S/C12H13N3O3/c1-17-10-6-4-3-5-9(10)7-15-8-13-11(14-15)12(16)18-2/h3-6,8H,7H2,1-2H3. The first kappa shape index (κ1) is 12.1. The topological polar surface area (TPSA) is 66.2 Å². The van der Waals surface area contributed by atoms with Crippen LogP contribution in [0.4, 0.5) is 0 Å². The van der Waals surface area contributed by atoms with Crippen molar-refractivity contribution in [3.05, 3.63) is 42.0 Å². The van der Waals surface area contributed by atoms with Crippen molar-refractivity contribution in [3.8, 4) is 5.75 Å². The fraction of sp³-hybridized carbons (Fsp3) is 0.250. The van der Waals surface area contributed by atoms with E-state index in [0.29, 0.717) is 6.54 Å². The minimum Gasteiger partial charge on any atom is -0.496 e. The van der Waals surface area contributed by atoms with Gasteiger partial charge >= 0.3 is 5.97 Å². The fourth-order valence-electron chi connectivity index (χ4n) is 1.56. The zero-order valence-corrected chi connectivity index (χ0v) is 10.2. The van der Waals surface area contributed by atoms with E-state index in [1.165, 1.54) is 13.4 Å². The molecule has 2 aromatic rings. The fourth-order valence-corrected chi connectivity index (χ4v) is 1.56. The van der Waals surface area contributed by atoms with E-state index in [9.17, 15) is 4.79 Å². The van der Waals surface area contributed by atoms with Gasteiger partial charge in [-0.3, -0.25) is 0 Å². The second-order valence-electron chi connectivity index (χ2n) is 3.57. The molecule has 0 aliphatic heterocycles. The number of aromatic nitrogens is 3. The summed E-state index contributed by atoms with van der Waals surface area (Å²) in [5.41, 5.74) is 0.960. The van der Waals surface area contributed by atoms with Crippen LogP contribution in [0.5, 0.6) is 5.75 Å². The van der Waals surface area contributed by atoms with Crippen molar-refractivity contribution in [2.45, 2.75) is 6.54 Å². The number of carbonyl (C=O) groups is 1. The van der Waals surface area contributed by atoms with Crippen LogP contribution >= 0.6 is 0 Å². The number of methoxy groups -OCH3 is 2. The van der Waals surface area contributed by atoms with Crippen LogP contribution in [-0.2, 0) is 11.3 Å². The van der Waals surface area contributed by atoms with E-state index in [4.69, 9.17) is 4.74 Å². The normalized spacial score (nSPS) is 10.1. The van der Waals surface area contributed by atoms with Gasteiger partial charge in [-0.2, -0.15) is 0 Å². The van der Waals surface area contributed by atoms with Crippen LogP contribution in [0, 0.1) is 0 Å². The maximum atomic E-state index is 11.2. The molecule has 6 nitrogen and oxygen atoms in total. The molecule has 0 unspecified atom stereocenters. The SMILES string of the molecule is COC(=O)c1ncn(Cc2ccccc2OC)n1. The lowest BCUT2D eigenvalue weighted by Gasteiger charge is -2.07. The largest absolute Gasteiger partial charge is 0.496 e. The predicted molar refractivity (Wildman–Crippen MR) is 63.5 cm³/mol. The first-order chi connectivity index (χ1) is 8.74. The van der Waals surface area contributed by atoms with Gasteiger partial charge in [-0.1, -0.05) is 18.2 Å². The Balaban J connectivity index is 2.19. The van der Waals surface area contributed by atoms with Crippen LogP contribution in [0.3, 0.4) is 0 Å². The highest BCUT2D eigenvalue weighted by Crippen LogP contribution is 2.17. The quantitative estimate of drug-likeness (QED) is 0.757. The molecule has 18 heavy (non-hydrogen) atoms. The number of rotatable bonds is 4. The van der Waals surface area contributed by atoms with Gasteiger partial charge in [-0.15, -0.1) is 5.10 Å². The van der Waals surface area contributed by atoms with Crippen LogP contribution in [0.2, 0.25) is 0 Å². The summed E-state index contributed by atoms with van der Waals surface area (Å²) in [6, 6.07) is 7.60. The van der Waals surface area contributed by atoms with Gasteiger partial charge in [0, 0.05) is 5.56 Å². The maximum absolute atomic E-state index is 11.2. The average Bonchev–Trinajstić information content (AvgIpc) is 2.87. The third-order valence-electron chi connectivity index (χ3n) is 2.43. The van der Waals surface area contributed by atoms with E-state index in [1.54, 1.807) is 11.8 Å². The number of benzene rings is 1. The number of hydrogen-bond acceptors (Lipinski definition) is 5. The first-order valence-electron chi connectivity index (χ1n) is 5.34. The van der Waals surface area contributed by atoms with Gasteiger partial charge in [0.05, 0.1) is 20.8 Å². The molecule has 1 heterocycles. The molecule has 1 aromatic heterocycles. The Morgan fingerprint density at radius 2 is 2.11 bits per heavy atom. The second kappa shape index (κ2) is 5.31. The molecule has 1 aromatic carbocycles. The van der Waals surface area contributed by atoms with Crippen molar-refractivity contribution in [3.63, 3.8) is 0 Å². The molecular weight excluding hydrogens is 234 g/mol. The summed E-state index contributed by atoms with van der Waals surface area (Å²) in [4.78, 5) is 15.1. The third-order valence-corrected chi connectivity index (χ3v) is 2.43. The first-order valence-corrected chi connectivity index (χ1v) is 5.34. The summed E-state index contributed by atoms with van der Waals surface area (Å²) < 4.78 is 11.3. The Hall–Kier alpha value is -2.37. The Bertz CT molecular complexity index is 551. The van der Waals surface area contributed by atoms with Gasteiger partial charge in [0.25, 0.3) is 5.82 Å². The molecule has 0 aliphatic rings. The van der Waals surface area contributed by atoms with Crippen molar-refractivity contribution in [1.82, 2.24) is 14.8 Å². The van der Waals surface area contributed by atoms with Crippen LogP contribution in [0.25, 0.3) is 0 Å². The van der Waals surface area contributed by atoms with E-state index < -0.39 is 5.97 Å². The number of hydrogen-bond donors (Lipinski definition) is 0. The molecule has 0 saturated heterocycles. The summed E-state index contributed by atoms with van der Waals surface area (Å²) in [6.07, 6.45) is 1.48. The molecule has 0 atom stereocenters. The average molecular weight is 247 g/mol. The lowest BCUT2D eigenvalue weighted by atomic mass is 10.2. The van der Waals surface area contributed by atoms with E-state index in [0.717, 1.165) is 11.3 Å². The number of para-hydroxylation sites is 1. The van der Waals surface area contributed by atoms with Crippen molar-refractivity contribution in [2.24, 2.45) is 0 Å². The van der Waals surface area contributed by atoms with E-state index in [-0.39, 0.29) is 5.82 Å². The van der Waals surface area contributed by atoms with Crippen LogP contribution in [-0.4, -0.2) is 35.0 Å². The Kier molecular flexibility index (Phi) is 3.57. The van der Waals surface area contributed by atoms with Crippen molar-refractivity contribution in [1.29, 1.82) is 0 Å². The number of nitrogens with zero attached hydrogens (tertiary/aromatic N) is 3. The van der Waals surface area contributed by atoms with Crippen molar-refractivity contribution >= 4 is 5.97 Å².